The predicted octanol–water partition coefficient (Wildman–Crippen LogP) is 4.66. The highest BCUT2D eigenvalue weighted by Crippen LogP contribution is 2.01. The van der Waals surface area contributed by atoms with Crippen molar-refractivity contribution in [3.05, 3.63) is 12.3 Å². The molecule has 0 saturated carbocycles. The number of carbonyl (C=O) groups is 4. The molecule has 0 fully saturated rings. The molecule has 0 aliphatic heterocycles. The Balaban J connectivity index is -0.000000329. The van der Waals surface area contributed by atoms with Gasteiger partial charge in [-0.1, -0.05) is 34.3 Å². The molecular formula is C35H69NO13. The Morgan fingerprint density at radius 2 is 1.22 bits per heavy atom. The summed E-state index contributed by atoms with van der Waals surface area (Å²) >= 11 is 0. The third kappa shape index (κ3) is 45.4. The van der Waals surface area contributed by atoms with E-state index in [1.165, 1.54) is 0 Å². The first-order valence-electron chi connectivity index (χ1n) is 17.3. The topological polar surface area (TPSA) is 163 Å². The molecule has 0 aromatic heterocycles. The average molecular weight is 712 g/mol. The van der Waals surface area contributed by atoms with Gasteiger partial charge in [-0.2, -0.15) is 0 Å². The van der Waals surface area contributed by atoms with Gasteiger partial charge < -0.3 is 47.9 Å². The highest BCUT2D eigenvalue weighted by molar-refractivity contribution is 5.76. The first-order valence-corrected chi connectivity index (χ1v) is 17.3. The van der Waals surface area contributed by atoms with Crippen LogP contribution in [0.15, 0.2) is 12.3 Å². The van der Waals surface area contributed by atoms with Crippen molar-refractivity contribution in [1.82, 2.24) is 5.32 Å². The number of carbonyl (C=O) groups excluding carboxylic acids is 4. The lowest BCUT2D eigenvalue weighted by Crippen LogP contribution is -2.24. The van der Waals surface area contributed by atoms with Crippen molar-refractivity contribution in [2.45, 2.75) is 92.6 Å². The van der Waals surface area contributed by atoms with E-state index in [4.69, 9.17) is 42.6 Å². The van der Waals surface area contributed by atoms with E-state index < -0.39 is 0 Å². The number of amides is 1. The molecule has 292 valence electrons. The van der Waals surface area contributed by atoms with Gasteiger partial charge in [0.2, 0.25) is 5.91 Å². The van der Waals surface area contributed by atoms with E-state index in [9.17, 15) is 19.2 Å². The van der Waals surface area contributed by atoms with Crippen LogP contribution in [-0.4, -0.2) is 123 Å². The molecule has 0 aromatic carbocycles. The minimum Gasteiger partial charge on any atom is -0.466 e. The Morgan fingerprint density at radius 1 is 0.694 bits per heavy atom. The second-order valence-electron chi connectivity index (χ2n) is 10.8. The van der Waals surface area contributed by atoms with Crippen molar-refractivity contribution in [2.24, 2.45) is 5.92 Å². The molecular weight excluding hydrogens is 642 g/mol. The monoisotopic (exact) mass is 711 g/mol. The number of methoxy groups -OCH3 is 1. The molecule has 0 rings (SSSR count). The number of ether oxygens (including phenoxy) is 9. The second kappa shape index (κ2) is 39.8. The van der Waals surface area contributed by atoms with Crippen molar-refractivity contribution in [3.63, 3.8) is 0 Å². The summed E-state index contributed by atoms with van der Waals surface area (Å²) in [6.45, 7) is 20.9. The normalized spacial score (nSPS) is 11.0. The third-order valence-electron chi connectivity index (χ3n) is 5.95. The summed E-state index contributed by atoms with van der Waals surface area (Å²) in [6.07, 6.45) is 4.08. The number of hydrogen-bond donors (Lipinski definition) is 1. The van der Waals surface area contributed by atoms with Crippen molar-refractivity contribution >= 4 is 23.8 Å². The molecule has 0 radical (unpaired) electrons. The van der Waals surface area contributed by atoms with E-state index in [2.05, 4.69) is 25.7 Å². The smallest absolute Gasteiger partial charge is 0.313 e. The zero-order valence-corrected chi connectivity index (χ0v) is 31.6. The van der Waals surface area contributed by atoms with Crippen LogP contribution in [0.5, 0.6) is 0 Å². The third-order valence-corrected chi connectivity index (χ3v) is 5.95. The van der Waals surface area contributed by atoms with E-state index in [0.717, 1.165) is 25.9 Å². The van der Waals surface area contributed by atoms with Gasteiger partial charge in [0.25, 0.3) is 0 Å². The van der Waals surface area contributed by atoms with E-state index in [1.54, 1.807) is 21.1 Å². The van der Waals surface area contributed by atoms with Gasteiger partial charge in [-0.3, -0.25) is 19.2 Å². The van der Waals surface area contributed by atoms with Crippen LogP contribution < -0.4 is 5.32 Å². The summed E-state index contributed by atoms with van der Waals surface area (Å²) in [6, 6.07) is 0. The van der Waals surface area contributed by atoms with Gasteiger partial charge >= 0.3 is 17.9 Å². The molecule has 1 amide bonds. The Hall–Kier alpha value is -2.62. The van der Waals surface area contributed by atoms with Gasteiger partial charge in [0.15, 0.2) is 0 Å². The molecule has 0 spiro atoms. The van der Waals surface area contributed by atoms with Gasteiger partial charge in [0.1, 0.15) is 12.4 Å². The van der Waals surface area contributed by atoms with E-state index >= 15 is 0 Å². The number of likely N-dealkylation sites (N-methyl/N-ethyl adjacent to an activating group) is 1. The van der Waals surface area contributed by atoms with Crippen LogP contribution in [0.1, 0.15) is 87.9 Å². The highest BCUT2D eigenvalue weighted by Gasteiger charge is 2.07. The van der Waals surface area contributed by atoms with Gasteiger partial charge in [0.05, 0.1) is 78.2 Å². The molecule has 1 N–H and O–H groups in total. The quantitative estimate of drug-likeness (QED) is 0.0494. The molecule has 14 nitrogen and oxygen atoms in total. The summed E-state index contributed by atoms with van der Waals surface area (Å²) in [5.74, 6) is 0.310. The van der Waals surface area contributed by atoms with E-state index in [1.807, 2.05) is 20.8 Å². The van der Waals surface area contributed by atoms with E-state index in [-0.39, 0.29) is 57.2 Å². The van der Waals surface area contributed by atoms with Crippen LogP contribution in [-0.2, 0) is 61.8 Å². The van der Waals surface area contributed by atoms with Crippen LogP contribution in [0.3, 0.4) is 0 Å². The van der Waals surface area contributed by atoms with Crippen molar-refractivity contribution in [2.75, 3.05) is 93.4 Å². The molecule has 0 bridgehead atoms. The van der Waals surface area contributed by atoms with Crippen molar-refractivity contribution in [3.8, 4) is 0 Å². The van der Waals surface area contributed by atoms with E-state index in [0.29, 0.717) is 84.2 Å². The zero-order valence-electron chi connectivity index (χ0n) is 31.6. The van der Waals surface area contributed by atoms with Gasteiger partial charge in [0, 0.05) is 41.8 Å². The lowest BCUT2D eigenvalue weighted by molar-refractivity contribution is -0.149. The standard InChI is InChI=1S/C15H28O6.C12H25NO4.C8H14O3.H2/c1-4-13(3)21-15(17)8-12-19-10-6-9-18-11-7-14(16)20-5-2;1-11(2)4-5-15-6-7-16-8-9-17-10-12(14)13-3;1-4-7(2)11-8(9)5-6-10-3;/h13H,4-12H2,1-3H3;11H,4-10H2,1-3H3,(H,13,14);2,4-6H2,1,3H3;1H. The maximum absolute atomic E-state index is 11.3. The van der Waals surface area contributed by atoms with Gasteiger partial charge in [-0.25, -0.2) is 0 Å². The van der Waals surface area contributed by atoms with Crippen molar-refractivity contribution in [1.29, 1.82) is 0 Å². The SMILES string of the molecule is C=C(CC)OC(=O)CCOC.CCOC(=O)CCOCCCOCCC(=O)OC(C)CC.CNC(=O)COCCOCCOCCC(C)C.[HH]. The largest absolute Gasteiger partial charge is 0.466 e. The molecule has 49 heavy (non-hydrogen) atoms. The molecule has 0 aliphatic carbocycles. The van der Waals surface area contributed by atoms with Crippen LogP contribution >= 0.6 is 0 Å². The Kier molecular flexibility index (Phi) is 41.2. The predicted molar refractivity (Wildman–Crippen MR) is 188 cm³/mol. The van der Waals surface area contributed by atoms with Gasteiger partial charge in [-0.15, -0.1) is 0 Å². The molecule has 0 aromatic rings. The number of hydrogen-bond acceptors (Lipinski definition) is 13. The average Bonchev–Trinajstić information content (AvgIpc) is 3.07. The maximum atomic E-state index is 11.3. The summed E-state index contributed by atoms with van der Waals surface area (Å²) in [5, 5.41) is 2.47. The molecule has 0 saturated heterocycles. The number of nitrogens with one attached hydrogen (secondary N) is 1. The lowest BCUT2D eigenvalue weighted by atomic mass is 10.1. The first kappa shape index (κ1) is 50.8. The lowest BCUT2D eigenvalue weighted by Gasteiger charge is -2.10. The molecule has 1 atom stereocenters. The molecule has 14 heteroatoms. The maximum Gasteiger partial charge on any atom is 0.313 e. The van der Waals surface area contributed by atoms with Crippen LogP contribution in [0.2, 0.25) is 0 Å². The van der Waals surface area contributed by atoms with Crippen LogP contribution in [0, 0.1) is 5.92 Å². The minimum absolute atomic E-state index is 0. The fourth-order valence-electron chi connectivity index (χ4n) is 2.84. The summed E-state index contributed by atoms with van der Waals surface area (Å²) in [7, 11) is 3.12. The number of allylic oxidation sites excluding steroid dienone is 1. The van der Waals surface area contributed by atoms with Crippen LogP contribution in [0.25, 0.3) is 0 Å². The zero-order chi connectivity index (χ0) is 37.5. The number of esters is 3. The number of rotatable bonds is 29. The summed E-state index contributed by atoms with van der Waals surface area (Å²) in [4.78, 5) is 43.9. The molecule has 0 aliphatic rings. The first-order chi connectivity index (χ1) is 23.5. The Morgan fingerprint density at radius 3 is 1.73 bits per heavy atom. The highest BCUT2D eigenvalue weighted by atomic mass is 16.6. The van der Waals surface area contributed by atoms with Crippen molar-refractivity contribution < 1.29 is 63.2 Å². The minimum atomic E-state index is -0.279. The molecule has 1 unspecified atom stereocenters. The van der Waals surface area contributed by atoms with Crippen LogP contribution in [0.4, 0.5) is 0 Å². The summed E-state index contributed by atoms with van der Waals surface area (Å²) in [5.41, 5.74) is 0. The molecule has 0 heterocycles. The van der Waals surface area contributed by atoms with Gasteiger partial charge in [-0.05, 0) is 39.0 Å². The summed E-state index contributed by atoms with van der Waals surface area (Å²) < 4.78 is 45.7. The Labute approximate surface area is 296 Å². The Bertz CT molecular complexity index is 815. The second-order valence-corrected chi connectivity index (χ2v) is 10.8. The fraction of sp³-hybridized carbons (Fsp3) is 0.829. The fourth-order valence-corrected chi connectivity index (χ4v) is 2.84.